The molecule has 0 atom stereocenters. The van der Waals surface area contributed by atoms with Gasteiger partial charge in [-0.05, 0) is 62.9 Å². The van der Waals surface area contributed by atoms with Gasteiger partial charge < -0.3 is 21.1 Å². The van der Waals surface area contributed by atoms with Gasteiger partial charge in [0.15, 0.2) is 0 Å². The average molecular weight is 456 g/mol. The third-order valence-electron chi connectivity index (χ3n) is 6.11. The molecule has 176 valence electrons. The number of carbonyl (C=O) groups is 3. The topological polar surface area (TPSA) is 108 Å². The number of rotatable bonds is 5. The highest BCUT2D eigenvalue weighted by molar-refractivity contribution is 6.08. The Morgan fingerprint density at radius 1 is 0.909 bits per heavy atom. The van der Waals surface area contributed by atoms with E-state index in [4.69, 9.17) is 0 Å². The van der Waals surface area contributed by atoms with Crippen LogP contribution >= 0.6 is 0 Å². The normalized spacial score (nSPS) is 15.3. The molecule has 0 saturated heterocycles. The first-order chi connectivity index (χ1) is 15.6. The van der Waals surface area contributed by atoms with E-state index in [9.17, 15) is 23.9 Å². The lowest BCUT2D eigenvalue weighted by atomic mass is 9.89. The fraction of sp³-hybridized carbons (Fsp3) is 0.400. The number of carboxylic acids is 1. The first-order valence-corrected chi connectivity index (χ1v) is 11.1. The molecule has 0 radical (unpaired) electrons. The van der Waals surface area contributed by atoms with Gasteiger partial charge in [-0.3, -0.25) is 4.79 Å². The number of carboxylic acid groups (broad SMARTS) is 1. The van der Waals surface area contributed by atoms with E-state index in [1.165, 1.54) is 6.07 Å². The predicted molar refractivity (Wildman–Crippen MR) is 125 cm³/mol. The Labute approximate surface area is 192 Å². The molecule has 0 aliphatic heterocycles. The Bertz CT molecular complexity index is 1050. The number of hydrogen-bond donors (Lipinski definition) is 4. The van der Waals surface area contributed by atoms with E-state index in [0.717, 1.165) is 41.7 Å². The molecule has 1 aliphatic carbocycles. The highest BCUT2D eigenvalue weighted by atomic mass is 19.1. The van der Waals surface area contributed by atoms with Crippen molar-refractivity contribution in [2.75, 3.05) is 10.6 Å². The third-order valence-corrected chi connectivity index (χ3v) is 6.11. The van der Waals surface area contributed by atoms with Crippen LogP contribution < -0.4 is 16.0 Å². The monoisotopic (exact) mass is 455 g/mol. The van der Waals surface area contributed by atoms with E-state index in [0.29, 0.717) is 31.4 Å². The Kier molecular flexibility index (Phi) is 7.36. The van der Waals surface area contributed by atoms with Crippen molar-refractivity contribution in [1.82, 2.24) is 5.32 Å². The maximum Gasteiger partial charge on any atom is 0.329 e. The van der Waals surface area contributed by atoms with Crippen molar-refractivity contribution in [3.05, 3.63) is 58.4 Å². The minimum Gasteiger partial charge on any atom is -0.480 e. The molecular formula is C25H30FN3O4. The van der Waals surface area contributed by atoms with Crippen molar-refractivity contribution in [2.45, 2.75) is 64.8 Å². The summed E-state index contributed by atoms with van der Waals surface area (Å²) in [6.45, 7) is 5.70. The lowest BCUT2D eigenvalue weighted by Gasteiger charge is -2.29. The molecule has 1 aliphatic rings. The summed E-state index contributed by atoms with van der Waals surface area (Å²) in [6.07, 6.45) is 3.85. The molecule has 4 N–H and O–H groups in total. The lowest BCUT2D eigenvalue weighted by Crippen LogP contribution is -2.54. The zero-order valence-corrected chi connectivity index (χ0v) is 19.2. The first kappa shape index (κ1) is 24.2. The molecule has 7 nitrogen and oxygen atoms in total. The van der Waals surface area contributed by atoms with Gasteiger partial charge in [0, 0.05) is 5.69 Å². The van der Waals surface area contributed by atoms with Gasteiger partial charge in [0.2, 0.25) is 0 Å². The molecule has 1 fully saturated rings. The number of nitrogens with one attached hydrogen (secondary N) is 3. The second-order valence-corrected chi connectivity index (χ2v) is 8.80. The van der Waals surface area contributed by atoms with Crippen molar-refractivity contribution in [1.29, 1.82) is 0 Å². The van der Waals surface area contributed by atoms with Crippen molar-refractivity contribution >= 4 is 29.3 Å². The summed E-state index contributed by atoms with van der Waals surface area (Å²) in [4.78, 5) is 37.8. The Balaban J connectivity index is 1.83. The smallest absolute Gasteiger partial charge is 0.329 e. The summed E-state index contributed by atoms with van der Waals surface area (Å²) in [5.74, 6) is -2.39. The summed E-state index contributed by atoms with van der Waals surface area (Å²) in [6, 6.07) is 6.63. The third kappa shape index (κ3) is 5.69. The van der Waals surface area contributed by atoms with Crippen LogP contribution in [0.15, 0.2) is 30.3 Å². The molecule has 0 unspecified atom stereocenters. The number of halogens is 1. The van der Waals surface area contributed by atoms with Gasteiger partial charge in [-0.25, -0.2) is 14.0 Å². The first-order valence-electron chi connectivity index (χ1n) is 11.1. The van der Waals surface area contributed by atoms with E-state index < -0.39 is 29.3 Å². The molecule has 8 heteroatoms. The van der Waals surface area contributed by atoms with Crippen LogP contribution in [0.1, 0.15) is 65.6 Å². The number of hydrogen-bond acceptors (Lipinski definition) is 3. The van der Waals surface area contributed by atoms with Gasteiger partial charge in [-0.2, -0.15) is 0 Å². The highest BCUT2D eigenvalue weighted by Crippen LogP contribution is 2.29. The highest BCUT2D eigenvalue weighted by Gasteiger charge is 2.40. The van der Waals surface area contributed by atoms with Crippen LogP contribution in [0.4, 0.5) is 20.6 Å². The lowest BCUT2D eigenvalue weighted by molar-refractivity contribution is -0.145. The molecule has 3 amide bonds. The molecule has 0 heterocycles. The fourth-order valence-corrected chi connectivity index (χ4v) is 4.47. The Hall–Kier alpha value is -3.42. The summed E-state index contributed by atoms with van der Waals surface area (Å²) < 4.78 is 14.0. The summed E-state index contributed by atoms with van der Waals surface area (Å²) in [7, 11) is 0. The number of amides is 3. The Morgan fingerprint density at radius 3 is 2.09 bits per heavy atom. The van der Waals surface area contributed by atoms with Gasteiger partial charge in [0.25, 0.3) is 5.91 Å². The summed E-state index contributed by atoms with van der Waals surface area (Å²) in [5.41, 5.74) is 2.01. The summed E-state index contributed by atoms with van der Waals surface area (Å²) >= 11 is 0. The second-order valence-electron chi connectivity index (χ2n) is 8.80. The van der Waals surface area contributed by atoms with Crippen LogP contribution in [0.5, 0.6) is 0 Å². The number of aliphatic carboxylic acids is 1. The van der Waals surface area contributed by atoms with Crippen LogP contribution in [0.25, 0.3) is 0 Å². The van der Waals surface area contributed by atoms with Crippen molar-refractivity contribution in [2.24, 2.45) is 0 Å². The number of aryl methyl sites for hydroxylation is 3. The zero-order valence-electron chi connectivity index (χ0n) is 19.2. The minimum absolute atomic E-state index is 0.00577. The molecule has 0 spiro atoms. The SMILES string of the molecule is Cc1cc(C)c(NC(=O)Nc2cc(F)ccc2C(=O)NC2(C(=O)O)CCCCCC2)c(C)c1. The quantitative estimate of drug-likeness (QED) is 0.459. The maximum atomic E-state index is 14.0. The zero-order chi connectivity index (χ0) is 24.2. The largest absolute Gasteiger partial charge is 0.480 e. The van der Waals surface area contributed by atoms with Crippen LogP contribution in [0, 0.1) is 26.6 Å². The van der Waals surface area contributed by atoms with Crippen LogP contribution in [-0.2, 0) is 4.79 Å². The summed E-state index contributed by atoms with van der Waals surface area (Å²) in [5, 5.41) is 17.8. The number of carbonyl (C=O) groups excluding carboxylic acids is 2. The van der Waals surface area contributed by atoms with E-state index in [2.05, 4.69) is 16.0 Å². The Morgan fingerprint density at radius 2 is 1.52 bits per heavy atom. The van der Waals surface area contributed by atoms with Crippen molar-refractivity contribution < 1.29 is 23.9 Å². The van der Waals surface area contributed by atoms with Crippen molar-refractivity contribution in [3.8, 4) is 0 Å². The average Bonchev–Trinajstić information content (AvgIpc) is 2.97. The maximum absolute atomic E-state index is 14.0. The van der Waals surface area contributed by atoms with Gasteiger partial charge in [-0.1, -0.05) is 43.4 Å². The molecule has 33 heavy (non-hydrogen) atoms. The van der Waals surface area contributed by atoms with E-state index in [-0.39, 0.29) is 11.3 Å². The predicted octanol–water partition coefficient (Wildman–Crippen LogP) is 5.30. The fourth-order valence-electron chi connectivity index (χ4n) is 4.47. The second kappa shape index (κ2) is 10.0. The molecule has 3 rings (SSSR count). The number of urea groups is 1. The minimum atomic E-state index is -1.38. The standard InChI is InChI=1S/C25H30FN3O4/c1-15-12-16(2)21(17(3)13-15)28-24(33)27-20-14-18(26)8-9-19(20)22(30)29-25(23(31)32)10-6-4-5-7-11-25/h8-9,12-14H,4-7,10-11H2,1-3H3,(H,29,30)(H,31,32)(H2,27,28,33). The number of anilines is 2. The van der Waals surface area contributed by atoms with Gasteiger partial charge in [0.1, 0.15) is 11.4 Å². The molecule has 2 aromatic carbocycles. The molecule has 0 aromatic heterocycles. The number of benzene rings is 2. The van der Waals surface area contributed by atoms with E-state index >= 15 is 0 Å². The van der Waals surface area contributed by atoms with Gasteiger partial charge in [-0.15, -0.1) is 0 Å². The molecule has 2 aromatic rings. The van der Waals surface area contributed by atoms with E-state index in [1.54, 1.807) is 0 Å². The molecule has 1 saturated carbocycles. The van der Waals surface area contributed by atoms with Crippen molar-refractivity contribution in [3.63, 3.8) is 0 Å². The van der Waals surface area contributed by atoms with Gasteiger partial charge in [0.05, 0.1) is 11.3 Å². The molecular weight excluding hydrogens is 425 g/mol. The van der Waals surface area contributed by atoms with Crippen LogP contribution in [-0.4, -0.2) is 28.6 Å². The molecule has 0 bridgehead atoms. The van der Waals surface area contributed by atoms with Crippen LogP contribution in [0.3, 0.4) is 0 Å². The van der Waals surface area contributed by atoms with E-state index in [1.807, 2.05) is 32.9 Å². The van der Waals surface area contributed by atoms with Crippen LogP contribution in [0.2, 0.25) is 0 Å². The van der Waals surface area contributed by atoms with Gasteiger partial charge >= 0.3 is 12.0 Å².